The first kappa shape index (κ1) is 18.2. The van der Waals surface area contributed by atoms with Crippen LogP contribution in [0.5, 0.6) is 0 Å². The summed E-state index contributed by atoms with van der Waals surface area (Å²) in [6, 6.07) is 0. The lowest BCUT2D eigenvalue weighted by atomic mass is 10.3. The SMILES string of the molecule is CC(CO)OCC(C)OCC(C)OC(C)COP. The summed E-state index contributed by atoms with van der Waals surface area (Å²) in [5.41, 5.74) is 0. The highest BCUT2D eigenvalue weighted by molar-refractivity contribution is 7.09. The minimum Gasteiger partial charge on any atom is -0.394 e. The van der Waals surface area contributed by atoms with Gasteiger partial charge in [0, 0.05) is 9.47 Å². The van der Waals surface area contributed by atoms with Crippen LogP contribution in [0.3, 0.4) is 0 Å². The quantitative estimate of drug-likeness (QED) is 0.580. The predicted molar refractivity (Wildman–Crippen MR) is 73.6 cm³/mol. The van der Waals surface area contributed by atoms with E-state index in [2.05, 4.69) is 9.47 Å². The summed E-state index contributed by atoms with van der Waals surface area (Å²) in [7, 11) is 2.21. The molecule has 0 bridgehead atoms. The number of ether oxygens (including phenoxy) is 3. The van der Waals surface area contributed by atoms with Crippen molar-refractivity contribution in [1.82, 2.24) is 0 Å². The molecule has 0 aliphatic rings. The molecule has 0 aliphatic carbocycles. The Labute approximate surface area is 112 Å². The number of hydrogen-bond acceptors (Lipinski definition) is 5. The Kier molecular flexibility index (Phi) is 11.2. The number of rotatable bonds is 11. The molecule has 5 atom stereocenters. The fourth-order valence-electron chi connectivity index (χ4n) is 1.31. The van der Waals surface area contributed by atoms with Crippen LogP contribution in [0.15, 0.2) is 0 Å². The first-order valence-electron chi connectivity index (χ1n) is 6.30. The molecule has 0 saturated heterocycles. The van der Waals surface area contributed by atoms with Gasteiger partial charge in [0.15, 0.2) is 0 Å². The summed E-state index contributed by atoms with van der Waals surface area (Å²) < 4.78 is 21.5. The molecule has 18 heavy (non-hydrogen) atoms. The molecule has 5 nitrogen and oxygen atoms in total. The second-order valence-electron chi connectivity index (χ2n) is 4.56. The second-order valence-corrected chi connectivity index (χ2v) is 4.89. The van der Waals surface area contributed by atoms with Crippen molar-refractivity contribution in [3.8, 4) is 0 Å². The van der Waals surface area contributed by atoms with Crippen molar-refractivity contribution >= 4 is 9.47 Å². The fourth-order valence-corrected chi connectivity index (χ4v) is 1.58. The fraction of sp³-hybridized carbons (Fsp3) is 1.00. The van der Waals surface area contributed by atoms with Gasteiger partial charge in [0.25, 0.3) is 0 Å². The van der Waals surface area contributed by atoms with E-state index < -0.39 is 0 Å². The van der Waals surface area contributed by atoms with Crippen LogP contribution < -0.4 is 0 Å². The smallest absolute Gasteiger partial charge is 0.0788 e. The summed E-state index contributed by atoms with van der Waals surface area (Å²) >= 11 is 0. The first-order chi connectivity index (χ1) is 8.49. The van der Waals surface area contributed by atoms with Crippen LogP contribution in [0.4, 0.5) is 0 Å². The minimum absolute atomic E-state index is 0.0119. The van der Waals surface area contributed by atoms with Gasteiger partial charge in [0.1, 0.15) is 0 Å². The zero-order valence-corrected chi connectivity index (χ0v) is 13.0. The zero-order chi connectivity index (χ0) is 14.0. The third-order valence-corrected chi connectivity index (χ3v) is 2.48. The number of aliphatic hydroxyl groups is 1. The highest BCUT2D eigenvalue weighted by Crippen LogP contribution is 2.04. The summed E-state index contributed by atoms with van der Waals surface area (Å²) in [6.45, 7) is 9.23. The molecular weight excluding hydrogens is 255 g/mol. The highest BCUT2D eigenvalue weighted by atomic mass is 31.0. The van der Waals surface area contributed by atoms with Gasteiger partial charge in [-0.2, -0.15) is 0 Å². The average molecular weight is 282 g/mol. The summed E-state index contributed by atoms with van der Waals surface area (Å²) in [5, 5.41) is 8.82. The summed E-state index contributed by atoms with van der Waals surface area (Å²) in [4.78, 5) is 0. The highest BCUT2D eigenvalue weighted by Gasteiger charge is 2.11. The monoisotopic (exact) mass is 282 g/mol. The first-order valence-corrected chi connectivity index (χ1v) is 6.77. The van der Waals surface area contributed by atoms with Crippen molar-refractivity contribution in [2.24, 2.45) is 0 Å². The van der Waals surface area contributed by atoms with Crippen LogP contribution in [0.25, 0.3) is 0 Å². The van der Waals surface area contributed by atoms with E-state index in [1.54, 1.807) is 0 Å². The van der Waals surface area contributed by atoms with E-state index in [1.165, 1.54) is 0 Å². The van der Waals surface area contributed by atoms with Gasteiger partial charge in [-0.15, -0.1) is 0 Å². The number of aliphatic hydroxyl groups excluding tert-OH is 1. The molecule has 0 rings (SSSR count). The van der Waals surface area contributed by atoms with Crippen LogP contribution in [0.2, 0.25) is 0 Å². The molecule has 6 heteroatoms. The maximum atomic E-state index is 8.82. The van der Waals surface area contributed by atoms with Crippen LogP contribution >= 0.6 is 9.47 Å². The Morgan fingerprint density at radius 3 is 1.89 bits per heavy atom. The molecule has 0 aromatic rings. The topological polar surface area (TPSA) is 57.2 Å². The summed E-state index contributed by atoms with van der Waals surface area (Å²) in [6.07, 6.45) is -0.109. The third kappa shape index (κ3) is 10.2. The molecule has 0 saturated carbocycles. The normalized spacial score (nSPS) is 18.3. The van der Waals surface area contributed by atoms with Gasteiger partial charge in [-0.05, 0) is 27.7 Å². The second kappa shape index (κ2) is 11.1. The molecule has 0 aromatic heterocycles. The maximum Gasteiger partial charge on any atom is 0.0788 e. The molecule has 1 N–H and O–H groups in total. The summed E-state index contributed by atoms with van der Waals surface area (Å²) in [5.74, 6) is 0. The zero-order valence-electron chi connectivity index (χ0n) is 11.8. The van der Waals surface area contributed by atoms with Crippen molar-refractivity contribution in [3.63, 3.8) is 0 Å². The Balaban J connectivity index is 3.61. The molecule has 0 spiro atoms. The van der Waals surface area contributed by atoms with Crippen molar-refractivity contribution < 1.29 is 23.8 Å². The molecule has 0 heterocycles. The van der Waals surface area contributed by atoms with Crippen molar-refractivity contribution in [1.29, 1.82) is 0 Å². The minimum atomic E-state index is -0.149. The largest absolute Gasteiger partial charge is 0.394 e. The standard InChI is InChI=1S/C12H27O5P/c1-9(5-13)14-6-10(2)15-7-11(3)17-12(4)8-16-18/h9-13H,5-8,18H2,1-4H3. The molecule has 0 amide bonds. The average Bonchev–Trinajstić information content (AvgIpc) is 2.33. The van der Waals surface area contributed by atoms with E-state index in [-0.39, 0.29) is 31.0 Å². The Hall–Kier alpha value is 0.230. The Bertz CT molecular complexity index is 193. The lowest BCUT2D eigenvalue weighted by molar-refractivity contribution is -0.0912. The van der Waals surface area contributed by atoms with Crippen molar-refractivity contribution in [2.45, 2.75) is 52.1 Å². The van der Waals surface area contributed by atoms with Gasteiger partial charge in [0.05, 0.1) is 50.8 Å². The van der Waals surface area contributed by atoms with E-state index in [0.29, 0.717) is 19.8 Å². The molecular formula is C12H27O5P. The van der Waals surface area contributed by atoms with E-state index in [4.69, 9.17) is 23.8 Å². The molecule has 5 unspecified atom stereocenters. The van der Waals surface area contributed by atoms with Crippen LogP contribution in [-0.4, -0.2) is 55.9 Å². The predicted octanol–water partition coefficient (Wildman–Crippen LogP) is 1.39. The Morgan fingerprint density at radius 1 is 0.833 bits per heavy atom. The maximum absolute atomic E-state index is 8.82. The molecule has 110 valence electrons. The third-order valence-electron chi connectivity index (χ3n) is 2.28. The van der Waals surface area contributed by atoms with Gasteiger partial charge in [0.2, 0.25) is 0 Å². The van der Waals surface area contributed by atoms with Gasteiger partial charge in [-0.3, -0.25) is 0 Å². The van der Waals surface area contributed by atoms with E-state index >= 15 is 0 Å². The van der Waals surface area contributed by atoms with Crippen molar-refractivity contribution in [3.05, 3.63) is 0 Å². The van der Waals surface area contributed by atoms with Crippen molar-refractivity contribution in [2.75, 3.05) is 26.4 Å². The van der Waals surface area contributed by atoms with Crippen LogP contribution in [-0.2, 0) is 18.7 Å². The van der Waals surface area contributed by atoms with E-state index in [9.17, 15) is 0 Å². The molecule has 0 radical (unpaired) electrons. The van der Waals surface area contributed by atoms with E-state index in [1.807, 2.05) is 27.7 Å². The van der Waals surface area contributed by atoms with E-state index in [0.717, 1.165) is 0 Å². The molecule has 0 aromatic carbocycles. The molecule has 0 fully saturated rings. The van der Waals surface area contributed by atoms with Gasteiger partial charge >= 0.3 is 0 Å². The number of hydrogen-bond donors (Lipinski definition) is 1. The van der Waals surface area contributed by atoms with Gasteiger partial charge in [-0.25, -0.2) is 0 Å². The lowest BCUT2D eigenvalue weighted by Gasteiger charge is -2.21. The van der Waals surface area contributed by atoms with Gasteiger partial charge in [-0.1, -0.05) is 0 Å². The molecule has 0 aliphatic heterocycles. The van der Waals surface area contributed by atoms with Gasteiger partial charge < -0.3 is 23.8 Å². The van der Waals surface area contributed by atoms with Crippen LogP contribution in [0, 0.1) is 0 Å². The Morgan fingerprint density at radius 2 is 1.33 bits per heavy atom. The lowest BCUT2D eigenvalue weighted by Crippen LogP contribution is -2.28. The van der Waals surface area contributed by atoms with Crippen LogP contribution in [0.1, 0.15) is 27.7 Å².